The zero-order valence-corrected chi connectivity index (χ0v) is 24.7. The van der Waals surface area contributed by atoms with Gasteiger partial charge in [-0.15, -0.1) is 0 Å². The fraction of sp³-hybridized carbons (Fsp3) is 0.541. The topological polar surface area (TPSA) is 18.8 Å². The summed E-state index contributed by atoms with van der Waals surface area (Å²) in [7, 11) is 0. The van der Waals surface area contributed by atoms with Crippen LogP contribution in [0.4, 0.5) is 0 Å². The second-order valence-corrected chi connectivity index (χ2v) is 12.7. The fourth-order valence-electron chi connectivity index (χ4n) is 7.54. The Bertz CT molecular complexity index is 1180. The van der Waals surface area contributed by atoms with Crippen molar-refractivity contribution >= 4 is 5.71 Å². The summed E-state index contributed by atoms with van der Waals surface area (Å²) in [5.74, 6) is 0.419. The van der Waals surface area contributed by atoms with Crippen LogP contribution >= 0.6 is 0 Å². The molecule has 3 atom stereocenters. The largest absolute Gasteiger partial charge is 0.296 e. The van der Waals surface area contributed by atoms with Crippen molar-refractivity contribution in [2.24, 2.45) is 10.9 Å². The van der Waals surface area contributed by atoms with Gasteiger partial charge in [-0.2, -0.15) is 0 Å². The summed E-state index contributed by atoms with van der Waals surface area (Å²) >= 11 is 0. The van der Waals surface area contributed by atoms with Crippen LogP contribution in [0, 0.1) is 5.92 Å². The van der Waals surface area contributed by atoms with Crippen LogP contribution in [-0.4, -0.2) is 59.8 Å². The van der Waals surface area contributed by atoms with Crippen molar-refractivity contribution in [2.75, 3.05) is 26.2 Å². The molecule has 0 amide bonds. The molecule has 2 aliphatic heterocycles. The van der Waals surface area contributed by atoms with E-state index in [0.29, 0.717) is 24.0 Å². The van der Waals surface area contributed by atoms with E-state index in [-0.39, 0.29) is 0 Å². The maximum Gasteiger partial charge on any atom is 0.0790 e. The van der Waals surface area contributed by atoms with Gasteiger partial charge in [-0.05, 0) is 94.8 Å². The average molecular weight is 536 g/mol. The van der Waals surface area contributed by atoms with Crippen LogP contribution in [0.3, 0.4) is 0 Å². The first kappa shape index (κ1) is 27.7. The first-order chi connectivity index (χ1) is 19.7. The number of fused-ring (bicyclic) bond motifs is 1. The summed E-state index contributed by atoms with van der Waals surface area (Å²) in [6.45, 7) is 7.21. The minimum Gasteiger partial charge on any atom is -0.296 e. The zero-order chi connectivity index (χ0) is 27.1. The SMILES string of the molecule is CC(C1=CC(C2C=CC=CC2)=NC2CC=CC=C12)N1CCC(N(CCC2=CCCCC2)CC2=CC=CCC2)CC1. The van der Waals surface area contributed by atoms with Crippen LogP contribution < -0.4 is 0 Å². The lowest BCUT2D eigenvalue weighted by Gasteiger charge is -2.43. The van der Waals surface area contributed by atoms with Crippen LogP contribution in [0.25, 0.3) is 0 Å². The number of allylic oxidation sites excluding steroid dienone is 11. The van der Waals surface area contributed by atoms with Gasteiger partial charge in [0.2, 0.25) is 0 Å². The smallest absolute Gasteiger partial charge is 0.0790 e. The number of dihydropyridines is 1. The van der Waals surface area contributed by atoms with Gasteiger partial charge >= 0.3 is 0 Å². The number of hydrogen-bond acceptors (Lipinski definition) is 3. The van der Waals surface area contributed by atoms with E-state index in [1.165, 1.54) is 94.3 Å². The minimum absolute atomic E-state index is 0.293. The molecule has 4 aliphatic carbocycles. The van der Waals surface area contributed by atoms with Gasteiger partial charge < -0.3 is 0 Å². The molecule has 212 valence electrons. The molecule has 3 heteroatoms. The molecule has 6 aliphatic rings. The number of nitrogens with zero attached hydrogens (tertiary/aromatic N) is 3. The van der Waals surface area contributed by atoms with Gasteiger partial charge in [0.1, 0.15) is 0 Å². The molecule has 0 spiro atoms. The van der Waals surface area contributed by atoms with Gasteiger partial charge in [0, 0.05) is 49.9 Å². The van der Waals surface area contributed by atoms with E-state index < -0.39 is 0 Å². The zero-order valence-electron chi connectivity index (χ0n) is 24.7. The molecular weight excluding hydrogens is 486 g/mol. The van der Waals surface area contributed by atoms with Crippen molar-refractivity contribution in [3.63, 3.8) is 0 Å². The Morgan fingerprint density at radius 1 is 0.925 bits per heavy atom. The average Bonchev–Trinajstić information content (AvgIpc) is 3.03. The van der Waals surface area contributed by atoms with Crippen molar-refractivity contribution in [3.05, 3.63) is 95.2 Å². The molecule has 40 heavy (non-hydrogen) atoms. The van der Waals surface area contributed by atoms with Crippen LogP contribution in [0.5, 0.6) is 0 Å². The standard InChI is InChI=1S/C37H49N3/c1-29(35-27-37(32-17-9-4-10-18-32)38-36-20-12-11-19-34(35)36)39-25-22-33(23-26-39)40(28-31-15-7-3-8-16-31)24-21-30-13-5-2-6-14-30/h3-4,7,9-13,15,17,19,27,29,32-33,36H,2,5-6,8,14,16,18,20-26,28H2,1H3. The highest BCUT2D eigenvalue weighted by Crippen LogP contribution is 2.35. The van der Waals surface area contributed by atoms with Gasteiger partial charge in [-0.25, -0.2) is 0 Å². The molecule has 1 fully saturated rings. The molecule has 2 heterocycles. The van der Waals surface area contributed by atoms with E-state index in [4.69, 9.17) is 4.99 Å². The van der Waals surface area contributed by atoms with E-state index in [1.807, 2.05) is 0 Å². The van der Waals surface area contributed by atoms with Crippen molar-refractivity contribution in [1.82, 2.24) is 9.80 Å². The predicted octanol–water partition coefficient (Wildman–Crippen LogP) is 8.08. The highest BCUT2D eigenvalue weighted by atomic mass is 15.2. The molecule has 0 aromatic rings. The van der Waals surface area contributed by atoms with Crippen LogP contribution in [0.15, 0.2) is 100 Å². The maximum absolute atomic E-state index is 5.25. The lowest BCUT2D eigenvalue weighted by molar-refractivity contribution is 0.102. The van der Waals surface area contributed by atoms with Gasteiger partial charge in [-0.1, -0.05) is 78.0 Å². The first-order valence-electron chi connectivity index (χ1n) is 16.2. The maximum atomic E-state index is 5.25. The molecule has 0 saturated carbocycles. The first-order valence-corrected chi connectivity index (χ1v) is 16.2. The number of aliphatic imine (C=N–C) groups is 1. The molecule has 0 bridgehead atoms. The van der Waals surface area contributed by atoms with Crippen molar-refractivity contribution in [2.45, 2.75) is 95.7 Å². The Morgan fingerprint density at radius 2 is 1.80 bits per heavy atom. The highest BCUT2D eigenvalue weighted by Gasteiger charge is 2.33. The molecular formula is C37H49N3. The Hall–Kier alpha value is -2.49. The van der Waals surface area contributed by atoms with Crippen molar-refractivity contribution < 1.29 is 0 Å². The molecule has 0 radical (unpaired) electrons. The highest BCUT2D eigenvalue weighted by molar-refractivity contribution is 6.01. The normalized spacial score (nSPS) is 28.0. The van der Waals surface area contributed by atoms with E-state index in [1.54, 1.807) is 11.1 Å². The van der Waals surface area contributed by atoms with Crippen molar-refractivity contribution in [3.8, 4) is 0 Å². The van der Waals surface area contributed by atoms with E-state index in [9.17, 15) is 0 Å². The number of piperidine rings is 1. The number of hydrogen-bond donors (Lipinski definition) is 0. The summed E-state index contributed by atoms with van der Waals surface area (Å²) in [6.07, 6.45) is 41.6. The Balaban J connectivity index is 1.13. The molecule has 1 saturated heterocycles. The lowest BCUT2D eigenvalue weighted by Crippen LogP contribution is -2.49. The summed E-state index contributed by atoms with van der Waals surface area (Å²) in [5, 5.41) is 0. The summed E-state index contributed by atoms with van der Waals surface area (Å²) < 4.78 is 0. The summed E-state index contributed by atoms with van der Waals surface area (Å²) in [6, 6.07) is 1.42. The third kappa shape index (κ3) is 6.69. The second-order valence-electron chi connectivity index (χ2n) is 12.7. The lowest BCUT2D eigenvalue weighted by atomic mass is 9.82. The molecule has 0 N–H and O–H groups in total. The van der Waals surface area contributed by atoms with Gasteiger partial charge in [0.25, 0.3) is 0 Å². The Morgan fingerprint density at radius 3 is 2.58 bits per heavy atom. The fourth-order valence-corrected chi connectivity index (χ4v) is 7.54. The summed E-state index contributed by atoms with van der Waals surface area (Å²) in [5.41, 5.74) is 7.60. The van der Waals surface area contributed by atoms with Crippen molar-refractivity contribution in [1.29, 1.82) is 0 Å². The third-order valence-electron chi connectivity index (χ3n) is 10.1. The van der Waals surface area contributed by atoms with Gasteiger partial charge in [-0.3, -0.25) is 14.8 Å². The van der Waals surface area contributed by atoms with Gasteiger partial charge in [0.05, 0.1) is 6.04 Å². The number of likely N-dealkylation sites (tertiary alicyclic amines) is 1. The van der Waals surface area contributed by atoms with E-state index >= 15 is 0 Å². The van der Waals surface area contributed by atoms with Crippen LogP contribution in [0.2, 0.25) is 0 Å². The predicted molar refractivity (Wildman–Crippen MR) is 171 cm³/mol. The molecule has 0 aromatic heterocycles. The third-order valence-corrected chi connectivity index (χ3v) is 10.1. The quantitative estimate of drug-likeness (QED) is 0.278. The Labute approximate surface area is 243 Å². The molecule has 3 unspecified atom stereocenters. The summed E-state index contributed by atoms with van der Waals surface area (Å²) in [4.78, 5) is 10.9. The molecule has 3 nitrogen and oxygen atoms in total. The van der Waals surface area contributed by atoms with Crippen LogP contribution in [-0.2, 0) is 0 Å². The molecule has 6 rings (SSSR count). The van der Waals surface area contributed by atoms with E-state index in [0.717, 1.165) is 19.4 Å². The monoisotopic (exact) mass is 535 g/mol. The van der Waals surface area contributed by atoms with Gasteiger partial charge in [0.15, 0.2) is 0 Å². The van der Waals surface area contributed by atoms with E-state index in [2.05, 4.69) is 89.6 Å². The second kappa shape index (κ2) is 13.4. The number of rotatable bonds is 9. The molecule has 0 aromatic carbocycles. The Kier molecular flexibility index (Phi) is 9.30. The van der Waals surface area contributed by atoms with Crippen LogP contribution in [0.1, 0.15) is 77.6 Å². The minimum atomic E-state index is 0.293.